The van der Waals surface area contributed by atoms with E-state index in [0.29, 0.717) is 5.41 Å². The van der Waals surface area contributed by atoms with Crippen LogP contribution in [0.5, 0.6) is 0 Å². The van der Waals surface area contributed by atoms with Gasteiger partial charge < -0.3 is 10.6 Å². The lowest BCUT2D eigenvalue weighted by Crippen LogP contribution is -2.53. The van der Waals surface area contributed by atoms with Crippen molar-refractivity contribution in [2.45, 2.75) is 13.8 Å². The van der Waals surface area contributed by atoms with Gasteiger partial charge in [-0.25, -0.2) is 0 Å². The van der Waals surface area contributed by atoms with Crippen molar-refractivity contribution in [1.29, 1.82) is 0 Å². The summed E-state index contributed by atoms with van der Waals surface area (Å²) in [4.78, 5) is 2.36. The van der Waals surface area contributed by atoms with Crippen LogP contribution in [0.3, 0.4) is 0 Å². The maximum atomic E-state index is 5.72. The van der Waals surface area contributed by atoms with Gasteiger partial charge in [0, 0.05) is 24.5 Å². The summed E-state index contributed by atoms with van der Waals surface area (Å²) < 4.78 is 0. The van der Waals surface area contributed by atoms with Crippen LogP contribution in [-0.4, -0.2) is 13.1 Å². The van der Waals surface area contributed by atoms with Crippen molar-refractivity contribution in [1.82, 2.24) is 0 Å². The fourth-order valence-electron chi connectivity index (χ4n) is 1.89. The Balaban J connectivity index is 2.11. The highest BCUT2D eigenvalue weighted by atomic mass is 15.2. The first-order chi connectivity index (χ1) is 6.07. The Labute approximate surface area is 79.4 Å². The van der Waals surface area contributed by atoms with Crippen LogP contribution in [0.2, 0.25) is 0 Å². The smallest absolute Gasteiger partial charge is 0.0387 e. The zero-order valence-corrected chi connectivity index (χ0v) is 8.25. The van der Waals surface area contributed by atoms with Gasteiger partial charge in [0.05, 0.1) is 0 Å². The van der Waals surface area contributed by atoms with E-state index >= 15 is 0 Å². The molecular weight excluding hydrogens is 160 g/mol. The zero-order chi connectivity index (χ0) is 9.47. The van der Waals surface area contributed by atoms with Crippen molar-refractivity contribution >= 4 is 11.4 Å². The molecule has 0 atom stereocenters. The summed E-state index contributed by atoms with van der Waals surface area (Å²) in [5.74, 6) is 0. The van der Waals surface area contributed by atoms with E-state index in [2.05, 4.69) is 24.8 Å². The molecule has 1 fully saturated rings. The molecule has 2 nitrogen and oxygen atoms in total. The van der Waals surface area contributed by atoms with E-state index in [0.717, 1.165) is 18.8 Å². The van der Waals surface area contributed by atoms with Gasteiger partial charge in [0.2, 0.25) is 0 Å². The molecule has 0 aromatic heterocycles. The molecule has 2 N–H and O–H groups in total. The molecule has 0 radical (unpaired) electrons. The Morgan fingerprint density at radius 2 is 2.00 bits per heavy atom. The Hall–Kier alpha value is -1.18. The van der Waals surface area contributed by atoms with E-state index in [4.69, 9.17) is 5.73 Å². The number of nitrogens with two attached hydrogens (primary N) is 1. The topological polar surface area (TPSA) is 29.3 Å². The minimum absolute atomic E-state index is 0.477. The molecule has 0 saturated carbocycles. The highest BCUT2D eigenvalue weighted by Gasteiger charge is 2.33. The Bertz CT molecular complexity index is 310. The van der Waals surface area contributed by atoms with Gasteiger partial charge in [0.25, 0.3) is 0 Å². The highest BCUT2D eigenvalue weighted by Crippen LogP contribution is 2.33. The second-order valence-corrected chi connectivity index (χ2v) is 4.62. The van der Waals surface area contributed by atoms with Gasteiger partial charge in [-0.2, -0.15) is 0 Å². The van der Waals surface area contributed by atoms with Gasteiger partial charge in [0.15, 0.2) is 0 Å². The molecule has 1 aromatic carbocycles. The van der Waals surface area contributed by atoms with Crippen LogP contribution >= 0.6 is 0 Å². The standard InChI is InChI=1S/C11H16N2/c1-11(2)7-13(8-11)10-5-3-4-9(12)6-10/h3-6H,7-8,12H2,1-2H3. The lowest BCUT2D eigenvalue weighted by atomic mass is 9.84. The van der Waals surface area contributed by atoms with E-state index in [1.165, 1.54) is 5.69 Å². The molecule has 0 amide bonds. The quantitative estimate of drug-likeness (QED) is 0.664. The summed E-state index contributed by atoms with van der Waals surface area (Å²) >= 11 is 0. The van der Waals surface area contributed by atoms with Crippen molar-refractivity contribution in [3.05, 3.63) is 24.3 Å². The minimum atomic E-state index is 0.477. The van der Waals surface area contributed by atoms with Crippen LogP contribution in [0.15, 0.2) is 24.3 Å². The summed E-state index contributed by atoms with van der Waals surface area (Å²) in [5.41, 5.74) is 8.29. The minimum Gasteiger partial charge on any atom is -0.399 e. The average Bonchev–Trinajstić information content (AvgIpc) is 2.00. The maximum absolute atomic E-state index is 5.72. The Kier molecular flexibility index (Phi) is 1.72. The zero-order valence-electron chi connectivity index (χ0n) is 8.25. The second-order valence-electron chi connectivity index (χ2n) is 4.62. The van der Waals surface area contributed by atoms with Gasteiger partial charge >= 0.3 is 0 Å². The molecule has 0 aliphatic carbocycles. The third-order valence-corrected chi connectivity index (χ3v) is 2.47. The summed E-state index contributed by atoms with van der Waals surface area (Å²) in [7, 11) is 0. The first-order valence-electron chi connectivity index (χ1n) is 4.67. The normalized spacial score (nSPS) is 19.7. The van der Waals surface area contributed by atoms with Crippen LogP contribution in [0.1, 0.15) is 13.8 Å². The van der Waals surface area contributed by atoms with Crippen molar-refractivity contribution in [2.24, 2.45) is 5.41 Å². The Morgan fingerprint density at radius 1 is 1.31 bits per heavy atom. The molecule has 0 spiro atoms. The van der Waals surface area contributed by atoms with Gasteiger partial charge in [-0.05, 0) is 23.6 Å². The molecular formula is C11H16N2. The van der Waals surface area contributed by atoms with Crippen molar-refractivity contribution < 1.29 is 0 Å². The lowest BCUT2D eigenvalue weighted by Gasteiger charge is -2.47. The molecule has 13 heavy (non-hydrogen) atoms. The highest BCUT2D eigenvalue weighted by molar-refractivity contribution is 5.57. The molecule has 1 heterocycles. The van der Waals surface area contributed by atoms with E-state index in [-0.39, 0.29) is 0 Å². The average molecular weight is 176 g/mol. The van der Waals surface area contributed by atoms with Crippen LogP contribution in [0.25, 0.3) is 0 Å². The molecule has 1 aliphatic heterocycles. The van der Waals surface area contributed by atoms with Gasteiger partial charge in [-0.15, -0.1) is 0 Å². The molecule has 2 heteroatoms. The summed E-state index contributed by atoms with van der Waals surface area (Å²) in [5, 5.41) is 0. The van der Waals surface area contributed by atoms with Crippen molar-refractivity contribution in [3.63, 3.8) is 0 Å². The number of nitrogens with zero attached hydrogens (tertiary/aromatic N) is 1. The largest absolute Gasteiger partial charge is 0.399 e. The summed E-state index contributed by atoms with van der Waals surface area (Å²) in [6, 6.07) is 8.09. The van der Waals surface area contributed by atoms with E-state index in [1.54, 1.807) is 0 Å². The number of hydrogen-bond acceptors (Lipinski definition) is 2. The predicted octanol–water partition coefficient (Wildman–Crippen LogP) is 2.12. The van der Waals surface area contributed by atoms with E-state index in [1.807, 2.05) is 18.2 Å². The maximum Gasteiger partial charge on any atom is 0.0387 e. The molecule has 1 saturated heterocycles. The summed E-state index contributed by atoms with van der Waals surface area (Å²) in [6.45, 7) is 6.85. The van der Waals surface area contributed by atoms with E-state index in [9.17, 15) is 0 Å². The first-order valence-corrected chi connectivity index (χ1v) is 4.67. The fraction of sp³-hybridized carbons (Fsp3) is 0.455. The second kappa shape index (κ2) is 2.66. The molecule has 0 unspecified atom stereocenters. The monoisotopic (exact) mass is 176 g/mol. The third kappa shape index (κ3) is 1.62. The van der Waals surface area contributed by atoms with Gasteiger partial charge in [-0.3, -0.25) is 0 Å². The molecule has 1 aromatic rings. The van der Waals surface area contributed by atoms with Crippen molar-refractivity contribution in [2.75, 3.05) is 23.7 Å². The first kappa shape index (κ1) is 8.42. The number of rotatable bonds is 1. The summed E-state index contributed by atoms with van der Waals surface area (Å²) in [6.07, 6.45) is 0. The van der Waals surface area contributed by atoms with Crippen molar-refractivity contribution in [3.8, 4) is 0 Å². The Morgan fingerprint density at radius 3 is 2.54 bits per heavy atom. The van der Waals surface area contributed by atoms with Crippen LogP contribution in [0, 0.1) is 5.41 Å². The van der Waals surface area contributed by atoms with Gasteiger partial charge in [0.1, 0.15) is 0 Å². The third-order valence-electron chi connectivity index (χ3n) is 2.47. The number of anilines is 2. The molecule has 0 bridgehead atoms. The van der Waals surface area contributed by atoms with Crippen LogP contribution in [-0.2, 0) is 0 Å². The number of benzene rings is 1. The molecule has 2 rings (SSSR count). The molecule has 70 valence electrons. The fourth-order valence-corrected chi connectivity index (χ4v) is 1.89. The lowest BCUT2D eigenvalue weighted by molar-refractivity contribution is 0.276. The van der Waals surface area contributed by atoms with Crippen LogP contribution in [0.4, 0.5) is 11.4 Å². The van der Waals surface area contributed by atoms with Gasteiger partial charge in [-0.1, -0.05) is 19.9 Å². The number of hydrogen-bond donors (Lipinski definition) is 1. The number of nitrogen functional groups attached to an aromatic ring is 1. The molecule has 1 aliphatic rings. The predicted molar refractivity (Wildman–Crippen MR) is 56.8 cm³/mol. The SMILES string of the molecule is CC1(C)CN(c2cccc(N)c2)C1. The van der Waals surface area contributed by atoms with E-state index < -0.39 is 0 Å². The van der Waals surface area contributed by atoms with Crippen LogP contribution < -0.4 is 10.6 Å².